The fourth-order valence-corrected chi connectivity index (χ4v) is 1.23. The quantitative estimate of drug-likeness (QED) is 0.705. The van der Waals surface area contributed by atoms with Gasteiger partial charge in [0, 0.05) is 0 Å². The minimum atomic E-state index is 0.613. The highest BCUT2D eigenvalue weighted by Gasteiger charge is 2.10. The SMILES string of the molecule is COc1ccc(OC)c2ocnc12. The molecule has 0 aliphatic rings. The van der Waals surface area contributed by atoms with Gasteiger partial charge in [0.15, 0.2) is 23.2 Å². The molecule has 2 rings (SSSR count). The summed E-state index contributed by atoms with van der Waals surface area (Å²) in [6, 6.07) is 3.58. The first-order chi connectivity index (χ1) is 6.36. The molecule has 0 fully saturated rings. The Hall–Kier alpha value is -1.71. The molecule has 13 heavy (non-hydrogen) atoms. The van der Waals surface area contributed by atoms with Crippen molar-refractivity contribution in [3.8, 4) is 11.5 Å². The van der Waals surface area contributed by atoms with Gasteiger partial charge in [-0.25, -0.2) is 4.98 Å². The molecule has 1 aromatic heterocycles. The van der Waals surface area contributed by atoms with Gasteiger partial charge in [0.1, 0.15) is 5.75 Å². The van der Waals surface area contributed by atoms with E-state index in [2.05, 4.69) is 4.98 Å². The number of benzene rings is 1. The van der Waals surface area contributed by atoms with Crippen molar-refractivity contribution < 1.29 is 13.9 Å². The van der Waals surface area contributed by atoms with Crippen molar-refractivity contribution in [1.29, 1.82) is 0 Å². The molecule has 0 saturated carbocycles. The van der Waals surface area contributed by atoms with Crippen LogP contribution < -0.4 is 9.47 Å². The number of aromatic nitrogens is 1. The lowest BCUT2D eigenvalue weighted by atomic mass is 10.3. The van der Waals surface area contributed by atoms with Crippen LogP contribution in [0.4, 0.5) is 0 Å². The number of fused-ring (bicyclic) bond motifs is 1. The van der Waals surface area contributed by atoms with E-state index in [1.807, 2.05) is 0 Å². The number of hydrogen-bond donors (Lipinski definition) is 0. The Balaban J connectivity index is 2.74. The summed E-state index contributed by atoms with van der Waals surface area (Å²) in [4.78, 5) is 4.03. The van der Waals surface area contributed by atoms with Gasteiger partial charge < -0.3 is 13.9 Å². The number of methoxy groups -OCH3 is 2. The molecule has 0 amide bonds. The highest BCUT2D eigenvalue weighted by Crippen LogP contribution is 2.31. The van der Waals surface area contributed by atoms with Crippen LogP contribution in [0.2, 0.25) is 0 Å². The summed E-state index contributed by atoms with van der Waals surface area (Å²) in [5.41, 5.74) is 1.30. The molecule has 0 saturated heterocycles. The van der Waals surface area contributed by atoms with Gasteiger partial charge in [-0.2, -0.15) is 0 Å². The summed E-state index contributed by atoms with van der Waals surface area (Å²) in [5.74, 6) is 1.35. The zero-order valence-corrected chi connectivity index (χ0v) is 7.40. The Morgan fingerprint density at radius 2 is 1.85 bits per heavy atom. The van der Waals surface area contributed by atoms with Crippen LogP contribution in [0, 0.1) is 0 Å². The standard InChI is InChI=1S/C9H9NO3/c1-11-6-3-4-7(12-2)9-8(6)10-5-13-9/h3-5H,1-2H3. The number of oxazole rings is 1. The Bertz CT molecular complexity index is 384. The molecule has 0 aliphatic carbocycles. The van der Waals surface area contributed by atoms with Gasteiger partial charge in [0.2, 0.25) is 0 Å². The monoisotopic (exact) mass is 179 g/mol. The molecule has 0 spiro atoms. The summed E-state index contributed by atoms with van der Waals surface area (Å²) in [6.07, 6.45) is 1.37. The molecule has 1 heterocycles. The number of ether oxygens (including phenoxy) is 2. The maximum absolute atomic E-state index is 5.17. The van der Waals surface area contributed by atoms with Crippen LogP contribution in [-0.4, -0.2) is 19.2 Å². The molecule has 2 aromatic rings. The zero-order chi connectivity index (χ0) is 9.26. The summed E-state index contributed by atoms with van der Waals surface area (Å²) < 4.78 is 15.4. The normalized spacial score (nSPS) is 10.3. The third-order valence-corrected chi connectivity index (χ3v) is 1.85. The lowest BCUT2D eigenvalue weighted by Crippen LogP contribution is -1.87. The Labute approximate surface area is 75.1 Å². The first kappa shape index (κ1) is 7.91. The van der Waals surface area contributed by atoms with Crippen molar-refractivity contribution >= 4 is 11.1 Å². The fraction of sp³-hybridized carbons (Fsp3) is 0.222. The largest absolute Gasteiger partial charge is 0.494 e. The van der Waals surface area contributed by atoms with Crippen molar-refractivity contribution in [2.24, 2.45) is 0 Å². The zero-order valence-electron chi connectivity index (χ0n) is 7.40. The van der Waals surface area contributed by atoms with Crippen LogP contribution in [0.15, 0.2) is 22.9 Å². The van der Waals surface area contributed by atoms with Gasteiger partial charge in [-0.15, -0.1) is 0 Å². The predicted molar refractivity (Wildman–Crippen MR) is 47.1 cm³/mol. The van der Waals surface area contributed by atoms with E-state index in [1.54, 1.807) is 26.4 Å². The first-order valence-corrected chi connectivity index (χ1v) is 3.81. The molecular weight excluding hydrogens is 170 g/mol. The van der Waals surface area contributed by atoms with E-state index < -0.39 is 0 Å². The molecule has 4 heteroatoms. The fourth-order valence-electron chi connectivity index (χ4n) is 1.23. The molecule has 0 bridgehead atoms. The van der Waals surface area contributed by atoms with E-state index in [1.165, 1.54) is 6.39 Å². The van der Waals surface area contributed by atoms with Crippen LogP contribution in [0.25, 0.3) is 11.1 Å². The molecule has 0 N–H and O–H groups in total. The molecule has 0 aliphatic heterocycles. The maximum Gasteiger partial charge on any atom is 0.200 e. The highest BCUT2D eigenvalue weighted by atomic mass is 16.5. The Morgan fingerprint density at radius 3 is 2.54 bits per heavy atom. The third-order valence-electron chi connectivity index (χ3n) is 1.85. The van der Waals surface area contributed by atoms with E-state index in [9.17, 15) is 0 Å². The van der Waals surface area contributed by atoms with Crippen LogP contribution in [0.5, 0.6) is 11.5 Å². The second kappa shape index (κ2) is 2.97. The predicted octanol–water partition coefficient (Wildman–Crippen LogP) is 1.84. The van der Waals surface area contributed by atoms with Crippen LogP contribution in [0.3, 0.4) is 0 Å². The maximum atomic E-state index is 5.17. The molecule has 4 nitrogen and oxygen atoms in total. The molecular formula is C9H9NO3. The van der Waals surface area contributed by atoms with Gasteiger partial charge in [-0.3, -0.25) is 0 Å². The van der Waals surface area contributed by atoms with Gasteiger partial charge in [0.05, 0.1) is 14.2 Å². The first-order valence-electron chi connectivity index (χ1n) is 3.81. The molecule has 0 radical (unpaired) electrons. The average molecular weight is 179 g/mol. The number of nitrogens with zero attached hydrogens (tertiary/aromatic N) is 1. The highest BCUT2D eigenvalue weighted by molar-refractivity contribution is 5.84. The summed E-state index contributed by atoms with van der Waals surface area (Å²) in [7, 11) is 3.18. The van der Waals surface area contributed by atoms with Gasteiger partial charge in [0.25, 0.3) is 0 Å². The van der Waals surface area contributed by atoms with Gasteiger partial charge in [-0.1, -0.05) is 0 Å². The summed E-state index contributed by atoms with van der Waals surface area (Å²) in [5, 5.41) is 0. The van der Waals surface area contributed by atoms with E-state index in [0.717, 1.165) is 0 Å². The van der Waals surface area contributed by atoms with Gasteiger partial charge >= 0.3 is 0 Å². The third kappa shape index (κ3) is 1.11. The lowest BCUT2D eigenvalue weighted by molar-refractivity contribution is 0.403. The second-order valence-electron chi connectivity index (χ2n) is 2.50. The van der Waals surface area contributed by atoms with Crippen LogP contribution in [-0.2, 0) is 0 Å². The Morgan fingerprint density at radius 1 is 1.15 bits per heavy atom. The topological polar surface area (TPSA) is 44.5 Å². The minimum absolute atomic E-state index is 0.613. The Kier molecular flexibility index (Phi) is 1.81. The van der Waals surface area contributed by atoms with Crippen molar-refractivity contribution in [2.45, 2.75) is 0 Å². The number of rotatable bonds is 2. The van der Waals surface area contributed by atoms with Crippen molar-refractivity contribution in [3.63, 3.8) is 0 Å². The van der Waals surface area contributed by atoms with E-state index in [-0.39, 0.29) is 0 Å². The summed E-state index contributed by atoms with van der Waals surface area (Å²) in [6.45, 7) is 0. The van der Waals surface area contributed by atoms with E-state index in [0.29, 0.717) is 22.6 Å². The van der Waals surface area contributed by atoms with Crippen LogP contribution in [0.1, 0.15) is 0 Å². The summed E-state index contributed by atoms with van der Waals surface area (Å²) >= 11 is 0. The molecule has 0 atom stereocenters. The van der Waals surface area contributed by atoms with Gasteiger partial charge in [-0.05, 0) is 12.1 Å². The second-order valence-corrected chi connectivity index (χ2v) is 2.50. The van der Waals surface area contributed by atoms with Crippen molar-refractivity contribution in [3.05, 3.63) is 18.5 Å². The molecule has 1 aromatic carbocycles. The average Bonchev–Trinajstić information content (AvgIpc) is 2.64. The minimum Gasteiger partial charge on any atom is -0.494 e. The smallest absolute Gasteiger partial charge is 0.200 e. The van der Waals surface area contributed by atoms with Crippen molar-refractivity contribution in [2.75, 3.05) is 14.2 Å². The van der Waals surface area contributed by atoms with E-state index >= 15 is 0 Å². The number of hydrogen-bond acceptors (Lipinski definition) is 4. The molecule has 68 valence electrons. The molecule has 0 unspecified atom stereocenters. The van der Waals surface area contributed by atoms with Crippen LogP contribution >= 0.6 is 0 Å². The van der Waals surface area contributed by atoms with E-state index in [4.69, 9.17) is 13.9 Å². The lowest BCUT2D eigenvalue weighted by Gasteiger charge is -2.02. The van der Waals surface area contributed by atoms with Crippen molar-refractivity contribution in [1.82, 2.24) is 4.98 Å².